The molecule has 2 amide bonds. The molecule has 2 N–H and O–H groups in total. The summed E-state index contributed by atoms with van der Waals surface area (Å²) in [4.78, 5) is 36.7. The van der Waals surface area contributed by atoms with Crippen LogP contribution in [-0.4, -0.2) is 37.5 Å². The highest BCUT2D eigenvalue weighted by molar-refractivity contribution is 5.87. The molecule has 0 heterocycles. The van der Waals surface area contributed by atoms with Crippen LogP contribution in [0.1, 0.15) is 134 Å². The van der Waals surface area contributed by atoms with Gasteiger partial charge in [-0.15, -0.1) is 0 Å². The number of rotatable bonds is 25. The van der Waals surface area contributed by atoms with Crippen molar-refractivity contribution in [2.45, 2.75) is 141 Å². The second-order valence-electron chi connectivity index (χ2n) is 10.8. The lowest BCUT2D eigenvalue weighted by molar-refractivity contribution is -0.140. The SMILES string of the molecule is CCCCCCCCCCCC(=O)N[C@@H](Cc1ccccc1)C(=O)NCCCCCCCCCCC(=O)OC. The molecule has 0 spiro atoms. The first kappa shape index (κ1) is 34.7. The van der Waals surface area contributed by atoms with Crippen molar-refractivity contribution in [3.8, 4) is 0 Å². The van der Waals surface area contributed by atoms with Gasteiger partial charge in [0.15, 0.2) is 0 Å². The van der Waals surface area contributed by atoms with Crippen LogP contribution in [0.3, 0.4) is 0 Å². The van der Waals surface area contributed by atoms with E-state index in [0.29, 0.717) is 25.8 Å². The number of unbranched alkanes of at least 4 members (excludes halogenated alkanes) is 15. The number of amides is 2. The Balaban J connectivity index is 2.24. The van der Waals surface area contributed by atoms with Crippen LogP contribution in [0.15, 0.2) is 30.3 Å². The summed E-state index contributed by atoms with van der Waals surface area (Å²) in [6, 6.07) is 9.36. The van der Waals surface area contributed by atoms with Crippen molar-refractivity contribution in [1.29, 1.82) is 0 Å². The maximum Gasteiger partial charge on any atom is 0.305 e. The van der Waals surface area contributed by atoms with Gasteiger partial charge in [-0.2, -0.15) is 0 Å². The highest BCUT2D eigenvalue weighted by Crippen LogP contribution is 2.12. The standard InChI is InChI=1S/C33H56N2O4/c1-3-4-5-6-7-8-11-14-20-25-31(36)35-30(28-29-23-18-17-19-24-29)33(38)34-27-22-16-13-10-9-12-15-21-26-32(37)39-2/h17-19,23-24,30H,3-16,20-22,25-28H2,1-2H3,(H,34,38)(H,35,36)/t30-/m0/s1. The van der Waals surface area contributed by atoms with Crippen LogP contribution >= 0.6 is 0 Å². The largest absolute Gasteiger partial charge is 0.469 e. The fourth-order valence-electron chi connectivity index (χ4n) is 4.81. The number of ether oxygens (including phenoxy) is 1. The molecule has 0 fully saturated rings. The summed E-state index contributed by atoms with van der Waals surface area (Å²) >= 11 is 0. The maximum atomic E-state index is 13.0. The summed E-state index contributed by atoms with van der Waals surface area (Å²) in [6.07, 6.45) is 21.1. The van der Waals surface area contributed by atoms with Gasteiger partial charge in [-0.3, -0.25) is 14.4 Å². The summed E-state index contributed by atoms with van der Waals surface area (Å²) in [6.45, 7) is 2.88. The molecule has 0 unspecified atom stereocenters. The quantitative estimate of drug-likeness (QED) is 0.0990. The molecule has 6 heteroatoms. The van der Waals surface area contributed by atoms with E-state index in [1.807, 2.05) is 30.3 Å². The zero-order chi connectivity index (χ0) is 28.4. The Morgan fingerprint density at radius 1 is 0.692 bits per heavy atom. The summed E-state index contributed by atoms with van der Waals surface area (Å²) in [5.74, 6) is -0.244. The number of carbonyl (C=O) groups excluding carboxylic acids is 3. The fraction of sp³-hybridized carbons (Fsp3) is 0.727. The van der Waals surface area contributed by atoms with Crippen LogP contribution in [0, 0.1) is 0 Å². The van der Waals surface area contributed by atoms with E-state index in [-0.39, 0.29) is 17.8 Å². The topological polar surface area (TPSA) is 84.5 Å². The second-order valence-corrected chi connectivity index (χ2v) is 10.8. The Labute approximate surface area is 238 Å². The third kappa shape index (κ3) is 20.2. The Morgan fingerprint density at radius 3 is 1.77 bits per heavy atom. The van der Waals surface area contributed by atoms with Crippen molar-refractivity contribution in [2.24, 2.45) is 0 Å². The van der Waals surface area contributed by atoms with Gasteiger partial charge in [0.1, 0.15) is 6.04 Å². The lowest BCUT2D eigenvalue weighted by Crippen LogP contribution is -2.48. The molecule has 0 aliphatic rings. The monoisotopic (exact) mass is 544 g/mol. The third-order valence-corrected chi connectivity index (χ3v) is 7.28. The molecule has 0 aromatic heterocycles. The minimum absolute atomic E-state index is 0.0272. The van der Waals surface area contributed by atoms with Crippen molar-refractivity contribution in [3.63, 3.8) is 0 Å². The average Bonchev–Trinajstić information content (AvgIpc) is 2.94. The number of esters is 1. The molecule has 0 saturated carbocycles. The zero-order valence-electron chi connectivity index (χ0n) is 24.9. The number of hydrogen-bond donors (Lipinski definition) is 2. The lowest BCUT2D eigenvalue weighted by atomic mass is 10.0. The van der Waals surface area contributed by atoms with Crippen LogP contribution in [0.2, 0.25) is 0 Å². The van der Waals surface area contributed by atoms with Gasteiger partial charge in [0.05, 0.1) is 7.11 Å². The second kappa shape index (κ2) is 24.7. The molecule has 0 aliphatic carbocycles. The van der Waals surface area contributed by atoms with E-state index < -0.39 is 6.04 Å². The van der Waals surface area contributed by atoms with Gasteiger partial charge in [0.2, 0.25) is 11.8 Å². The highest BCUT2D eigenvalue weighted by Gasteiger charge is 2.20. The van der Waals surface area contributed by atoms with Crippen molar-refractivity contribution in [2.75, 3.05) is 13.7 Å². The minimum Gasteiger partial charge on any atom is -0.469 e. The summed E-state index contributed by atoms with van der Waals surface area (Å²) in [5, 5.41) is 6.06. The summed E-state index contributed by atoms with van der Waals surface area (Å²) in [5.41, 5.74) is 1.05. The lowest BCUT2D eigenvalue weighted by Gasteiger charge is -2.19. The number of benzene rings is 1. The molecule has 1 aromatic carbocycles. The third-order valence-electron chi connectivity index (χ3n) is 7.28. The van der Waals surface area contributed by atoms with E-state index >= 15 is 0 Å². The predicted octanol–water partition coefficient (Wildman–Crippen LogP) is 7.43. The molecule has 0 radical (unpaired) electrons. The van der Waals surface area contributed by atoms with E-state index in [0.717, 1.165) is 56.9 Å². The molecular weight excluding hydrogens is 488 g/mol. The van der Waals surface area contributed by atoms with Crippen LogP contribution in [0.25, 0.3) is 0 Å². The van der Waals surface area contributed by atoms with Gasteiger partial charge in [0, 0.05) is 25.8 Å². The fourth-order valence-corrected chi connectivity index (χ4v) is 4.81. The van der Waals surface area contributed by atoms with Crippen LogP contribution in [-0.2, 0) is 25.5 Å². The molecule has 39 heavy (non-hydrogen) atoms. The van der Waals surface area contributed by atoms with E-state index in [4.69, 9.17) is 0 Å². The van der Waals surface area contributed by atoms with E-state index in [1.165, 1.54) is 64.9 Å². The Hall–Kier alpha value is -2.37. The van der Waals surface area contributed by atoms with Crippen molar-refractivity contribution < 1.29 is 19.1 Å². The molecule has 222 valence electrons. The molecule has 1 atom stereocenters. The van der Waals surface area contributed by atoms with Gasteiger partial charge in [-0.25, -0.2) is 0 Å². The molecule has 0 bridgehead atoms. The van der Waals surface area contributed by atoms with Gasteiger partial charge in [0.25, 0.3) is 0 Å². The normalized spacial score (nSPS) is 11.6. The van der Waals surface area contributed by atoms with Crippen molar-refractivity contribution in [3.05, 3.63) is 35.9 Å². The van der Waals surface area contributed by atoms with Gasteiger partial charge < -0.3 is 15.4 Å². The molecular formula is C33H56N2O4. The first-order valence-corrected chi connectivity index (χ1v) is 15.7. The van der Waals surface area contributed by atoms with E-state index in [2.05, 4.69) is 22.3 Å². The smallest absolute Gasteiger partial charge is 0.305 e. The molecule has 1 rings (SSSR count). The molecule has 6 nitrogen and oxygen atoms in total. The van der Waals surface area contributed by atoms with Crippen molar-refractivity contribution in [1.82, 2.24) is 10.6 Å². The Morgan fingerprint density at radius 2 is 1.21 bits per heavy atom. The van der Waals surface area contributed by atoms with Crippen molar-refractivity contribution >= 4 is 17.8 Å². The molecule has 0 aliphatic heterocycles. The number of hydrogen-bond acceptors (Lipinski definition) is 4. The number of methoxy groups -OCH3 is 1. The Kier molecular flexibility index (Phi) is 21.9. The van der Waals surface area contributed by atoms with Crippen LogP contribution < -0.4 is 10.6 Å². The predicted molar refractivity (Wildman–Crippen MR) is 160 cm³/mol. The van der Waals surface area contributed by atoms with E-state index in [1.54, 1.807) is 0 Å². The summed E-state index contributed by atoms with van der Waals surface area (Å²) in [7, 11) is 1.43. The first-order valence-electron chi connectivity index (χ1n) is 15.7. The zero-order valence-corrected chi connectivity index (χ0v) is 24.9. The van der Waals surface area contributed by atoms with Crippen LogP contribution in [0.5, 0.6) is 0 Å². The number of nitrogens with one attached hydrogen (secondary N) is 2. The highest BCUT2D eigenvalue weighted by atomic mass is 16.5. The first-order chi connectivity index (χ1) is 19.1. The molecule has 0 saturated heterocycles. The van der Waals surface area contributed by atoms with Gasteiger partial charge >= 0.3 is 5.97 Å². The van der Waals surface area contributed by atoms with Gasteiger partial charge in [-0.1, -0.05) is 127 Å². The number of carbonyl (C=O) groups is 3. The van der Waals surface area contributed by atoms with Crippen LogP contribution in [0.4, 0.5) is 0 Å². The maximum absolute atomic E-state index is 13.0. The molecule has 1 aromatic rings. The van der Waals surface area contributed by atoms with Gasteiger partial charge in [-0.05, 0) is 24.8 Å². The average molecular weight is 545 g/mol. The minimum atomic E-state index is -0.538. The summed E-state index contributed by atoms with van der Waals surface area (Å²) < 4.78 is 4.66. The van der Waals surface area contributed by atoms with E-state index in [9.17, 15) is 14.4 Å². The Bertz CT molecular complexity index is 753.